The molecule has 1 atom stereocenters. The minimum atomic E-state index is -0.729. The lowest BCUT2D eigenvalue weighted by Gasteiger charge is -2.34. The van der Waals surface area contributed by atoms with E-state index in [-0.39, 0.29) is 54.9 Å². The van der Waals surface area contributed by atoms with Gasteiger partial charge in [-0.05, 0) is 43.5 Å². The fourth-order valence-corrected chi connectivity index (χ4v) is 8.52. The van der Waals surface area contributed by atoms with Crippen molar-refractivity contribution < 1.29 is 38.2 Å². The predicted molar refractivity (Wildman–Crippen MR) is 227 cm³/mol. The van der Waals surface area contributed by atoms with Crippen LogP contribution in [0.2, 0.25) is 0 Å². The number of nitrogens with zero attached hydrogens (tertiary/aromatic N) is 5. The number of hydrogen-bond donors (Lipinski definition) is 4. The molecule has 2 fully saturated rings. The van der Waals surface area contributed by atoms with E-state index in [1.54, 1.807) is 24.4 Å². The molecule has 5 aromatic rings. The van der Waals surface area contributed by atoms with Crippen molar-refractivity contribution in [3.63, 3.8) is 0 Å². The summed E-state index contributed by atoms with van der Waals surface area (Å²) in [5.41, 5.74) is 4.18. The Kier molecular flexibility index (Phi) is 11.4. The molecule has 0 spiro atoms. The molecular weight excluding hydrogens is 795 g/mol. The van der Waals surface area contributed by atoms with Crippen LogP contribution < -0.4 is 25.6 Å². The van der Waals surface area contributed by atoms with E-state index in [1.165, 1.54) is 4.90 Å². The maximum absolute atomic E-state index is 13.5. The number of aromatic amines is 1. The van der Waals surface area contributed by atoms with Crippen LogP contribution in [0.25, 0.3) is 33.0 Å². The van der Waals surface area contributed by atoms with Crippen LogP contribution in [0.15, 0.2) is 72.9 Å². The number of rotatable bonds is 15. The van der Waals surface area contributed by atoms with Gasteiger partial charge in [0.05, 0.1) is 35.5 Å². The highest BCUT2D eigenvalue weighted by atomic mass is 16.5. The van der Waals surface area contributed by atoms with Crippen LogP contribution in [0.1, 0.15) is 52.9 Å². The Labute approximate surface area is 355 Å². The number of anilines is 1. The van der Waals surface area contributed by atoms with E-state index < -0.39 is 23.8 Å². The molecule has 17 heteroatoms. The van der Waals surface area contributed by atoms with Gasteiger partial charge in [-0.1, -0.05) is 42.5 Å². The van der Waals surface area contributed by atoms with Crippen LogP contribution in [-0.4, -0.2) is 125 Å². The fourth-order valence-electron chi connectivity index (χ4n) is 8.52. The molecule has 4 N–H and O–H groups in total. The number of unbranched alkanes of at least 4 members (excludes halogenated alkanes) is 1. The number of hydrogen-bond acceptors (Lipinski definition) is 12. The number of carbonyl (C=O) groups excluding carboxylic acids is 6. The van der Waals surface area contributed by atoms with Gasteiger partial charge >= 0.3 is 0 Å². The molecule has 17 nitrogen and oxygen atoms in total. The first kappa shape index (κ1) is 40.4. The Morgan fingerprint density at radius 2 is 1.60 bits per heavy atom. The van der Waals surface area contributed by atoms with E-state index in [2.05, 4.69) is 30.7 Å². The average Bonchev–Trinajstić information content (AvgIpc) is 3.95. The number of ether oxygens (including phenoxy) is 2. The monoisotopic (exact) mass is 839 g/mol. The van der Waals surface area contributed by atoms with Crippen LogP contribution in [0.3, 0.4) is 0 Å². The number of piperazine rings is 1. The SMILES string of the molecule is O=C(COc1cccc2c1CN(C1CCC(=O)NC1=O)C2=O)NCCCCOCCN1CCN(c2nc(C3=C(c4c[nH]c5ccccc45)C(=O)NC3=O)c3ccccc3n2)CC1. The molecule has 4 aliphatic rings. The molecule has 0 bridgehead atoms. The molecule has 0 aliphatic carbocycles. The Morgan fingerprint density at radius 1 is 0.806 bits per heavy atom. The number of aromatic nitrogens is 3. The molecule has 62 heavy (non-hydrogen) atoms. The Morgan fingerprint density at radius 3 is 2.44 bits per heavy atom. The fraction of sp³-hybridized carbons (Fsp3) is 0.333. The Hall–Kier alpha value is -6.98. The van der Waals surface area contributed by atoms with Crippen molar-refractivity contribution in [2.45, 2.75) is 38.3 Å². The van der Waals surface area contributed by atoms with Crippen molar-refractivity contribution >= 4 is 74.3 Å². The summed E-state index contributed by atoms with van der Waals surface area (Å²) < 4.78 is 11.7. The zero-order chi connectivity index (χ0) is 42.7. The van der Waals surface area contributed by atoms with Crippen LogP contribution >= 0.6 is 0 Å². The topological polar surface area (TPSA) is 208 Å². The number of carbonyl (C=O) groups is 6. The summed E-state index contributed by atoms with van der Waals surface area (Å²) in [5.74, 6) is -1.45. The molecule has 4 aliphatic heterocycles. The van der Waals surface area contributed by atoms with Crippen molar-refractivity contribution in [2.24, 2.45) is 0 Å². The first-order valence-corrected chi connectivity index (χ1v) is 20.9. The summed E-state index contributed by atoms with van der Waals surface area (Å²) in [7, 11) is 0. The smallest absolute Gasteiger partial charge is 0.261 e. The lowest BCUT2D eigenvalue weighted by atomic mass is 9.97. The summed E-state index contributed by atoms with van der Waals surface area (Å²) in [6.07, 6.45) is 3.69. The standard InChI is InChI=1S/C45H45N9O8/c55-36-15-14-34(41(57)49-36)54-25-31-28(44(54)60)10-7-13-35(31)62-26-37(56)46-16-5-6-22-61-23-21-52-17-19-53(20-18-52)45-48-33-12-4-2-9-29(33)40(50-45)39-38(42(58)51-43(39)59)30-24-47-32-11-3-1-8-27(30)32/h1-4,7-13,24,34,47H,5-6,14-23,25-26H2,(H,46,56)(H,49,55,57)(H,51,58,59). The molecule has 6 heterocycles. The van der Waals surface area contributed by atoms with Crippen LogP contribution in [0, 0.1) is 0 Å². The number of H-pyrrole nitrogens is 1. The molecule has 318 valence electrons. The number of imide groups is 2. The summed E-state index contributed by atoms with van der Waals surface area (Å²) in [6, 6.07) is 19.5. The van der Waals surface area contributed by atoms with E-state index in [0.29, 0.717) is 77.8 Å². The minimum absolute atomic E-state index is 0.163. The van der Waals surface area contributed by atoms with Gasteiger partial charge in [0.15, 0.2) is 6.61 Å². The highest BCUT2D eigenvalue weighted by molar-refractivity contribution is 6.50. The quantitative estimate of drug-likeness (QED) is 0.0887. The Bertz CT molecular complexity index is 2650. The predicted octanol–water partition coefficient (Wildman–Crippen LogP) is 2.55. The number of fused-ring (bicyclic) bond motifs is 3. The number of nitrogens with one attached hydrogen (secondary N) is 4. The molecule has 2 saturated heterocycles. The van der Waals surface area contributed by atoms with Gasteiger partial charge in [0.25, 0.3) is 23.6 Å². The molecule has 3 aromatic carbocycles. The lowest BCUT2D eigenvalue weighted by molar-refractivity contribution is -0.137. The van der Waals surface area contributed by atoms with E-state index >= 15 is 0 Å². The summed E-state index contributed by atoms with van der Waals surface area (Å²) >= 11 is 0. The van der Waals surface area contributed by atoms with Gasteiger partial charge in [0.2, 0.25) is 17.8 Å². The first-order chi connectivity index (χ1) is 30.2. The van der Waals surface area contributed by atoms with Gasteiger partial charge in [-0.2, -0.15) is 0 Å². The molecule has 0 radical (unpaired) electrons. The van der Waals surface area contributed by atoms with E-state index in [0.717, 1.165) is 43.4 Å². The maximum atomic E-state index is 13.5. The highest BCUT2D eigenvalue weighted by Gasteiger charge is 2.40. The first-order valence-electron chi connectivity index (χ1n) is 20.9. The van der Waals surface area contributed by atoms with Crippen molar-refractivity contribution in [3.05, 3.63) is 95.3 Å². The second-order valence-electron chi connectivity index (χ2n) is 15.6. The molecule has 1 unspecified atom stereocenters. The normalized spacial score (nSPS) is 18.2. The van der Waals surface area contributed by atoms with Gasteiger partial charge in [0, 0.05) is 91.5 Å². The third-order valence-electron chi connectivity index (χ3n) is 11.8. The van der Waals surface area contributed by atoms with Gasteiger partial charge in [-0.3, -0.25) is 44.3 Å². The molecule has 9 rings (SSSR count). The van der Waals surface area contributed by atoms with Gasteiger partial charge in [-0.25, -0.2) is 9.97 Å². The summed E-state index contributed by atoms with van der Waals surface area (Å²) in [5, 5.41) is 9.20. The largest absolute Gasteiger partial charge is 0.483 e. The minimum Gasteiger partial charge on any atom is -0.483 e. The van der Waals surface area contributed by atoms with Crippen molar-refractivity contribution in [2.75, 3.05) is 64.0 Å². The molecule has 2 aromatic heterocycles. The van der Waals surface area contributed by atoms with Crippen LogP contribution in [0.4, 0.5) is 5.95 Å². The summed E-state index contributed by atoms with van der Waals surface area (Å²) in [6.45, 7) is 5.17. The number of para-hydroxylation sites is 2. The van der Waals surface area contributed by atoms with Crippen molar-refractivity contribution in [1.82, 2.24) is 40.7 Å². The number of amides is 6. The van der Waals surface area contributed by atoms with Crippen LogP contribution in [0.5, 0.6) is 5.75 Å². The van der Waals surface area contributed by atoms with E-state index in [4.69, 9.17) is 19.4 Å². The molecule has 6 amide bonds. The van der Waals surface area contributed by atoms with Crippen molar-refractivity contribution in [3.8, 4) is 5.75 Å². The highest BCUT2D eigenvalue weighted by Crippen LogP contribution is 2.38. The average molecular weight is 840 g/mol. The Balaban J connectivity index is 0.714. The van der Waals surface area contributed by atoms with Gasteiger partial charge in [-0.15, -0.1) is 0 Å². The molecule has 0 saturated carbocycles. The number of benzene rings is 3. The third-order valence-corrected chi connectivity index (χ3v) is 11.8. The number of piperidine rings is 1. The zero-order valence-electron chi connectivity index (χ0n) is 33.9. The molecular formula is C45H45N9O8. The summed E-state index contributed by atoms with van der Waals surface area (Å²) in [4.78, 5) is 95.3. The third kappa shape index (κ3) is 8.11. The maximum Gasteiger partial charge on any atom is 0.261 e. The van der Waals surface area contributed by atoms with Crippen LogP contribution in [-0.2, 0) is 35.3 Å². The lowest BCUT2D eigenvalue weighted by Crippen LogP contribution is -2.52. The van der Waals surface area contributed by atoms with Gasteiger partial charge in [0.1, 0.15) is 11.8 Å². The van der Waals surface area contributed by atoms with Crippen molar-refractivity contribution in [1.29, 1.82) is 0 Å². The zero-order valence-corrected chi connectivity index (χ0v) is 33.9. The second-order valence-corrected chi connectivity index (χ2v) is 15.6. The second kappa shape index (κ2) is 17.6. The van der Waals surface area contributed by atoms with Gasteiger partial charge < -0.3 is 29.6 Å². The van der Waals surface area contributed by atoms with E-state index in [9.17, 15) is 28.8 Å². The van der Waals surface area contributed by atoms with E-state index in [1.807, 2.05) is 48.5 Å².